The van der Waals surface area contributed by atoms with E-state index in [1.54, 1.807) is 19.3 Å². The van der Waals surface area contributed by atoms with Gasteiger partial charge in [-0.15, -0.1) is 0 Å². The summed E-state index contributed by atoms with van der Waals surface area (Å²) in [5.41, 5.74) is 0.930. The van der Waals surface area contributed by atoms with Crippen LogP contribution in [0.5, 0.6) is 0 Å². The van der Waals surface area contributed by atoms with E-state index >= 15 is 0 Å². The first-order valence-electron chi connectivity index (χ1n) is 4.71. The average Bonchev–Trinajstić information content (AvgIpc) is 2.71. The minimum Gasteiger partial charge on any atom is -0.389 e. The van der Waals surface area contributed by atoms with Gasteiger partial charge in [-0.3, -0.25) is 0 Å². The average molecular weight is 220 g/mol. The van der Waals surface area contributed by atoms with Gasteiger partial charge >= 0.3 is 0 Å². The molecule has 0 amide bonds. The van der Waals surface area contributed by atoms with Crippen LogP contribution in [0.2, 0.25) is 0 Å². The minimum atomic E-state index is -0.455. The summed E-state index contributed by atoms with van der Waals surface area (Å²) in [6.07, 6.45) is 3.05. The van der Waals surface area contributed by atoms with E-state index in [2.05, 4.69) is 9.97 Å². The van der Waals surface area contributed by atoms with Crippen molar-refractivity contribution in [3.8, 4) is 0 Å². The second-order valence-corrected chi connectivity index (χ2v) is 4.24. The van der Waals surface area contributed by atoms with Gasteiger partial charge in [-0.25, -0.2) is 4.98 Å². The minimum absolute atomic E-state index is 0.455. The quantitative estimate of drug-likeness (QED) is 0.836. The Morgan fingerprint density at radius 2 is 2.20 bits per heavy atom. The second-order valence-electron chi connectivity index (χ2n) is 3.21. The van der Waals surface area contributed by atoms with Crippen molar-refractivity contribution in [3.05, 3.63) is 42.2 Å². The van der Waals surface area contributed by atoms with Crippen LogP contribution in [0, 0.1) is 0 Å². The first-order valence-corrected chi connectivity index (χ1v) is 5.53. The summed E-state index contributed by atoms with van der Waals surface area (Å²) < 4.78 is 0. The molecule has 0 saturated heterocycles. The molecule has 0 bridgehead atoms. The first kappa shape index (κ1) is 10.3. The van der Waals surface area contributed by atoms with E-state index in [9.17, 15) is 5.11 Å². The molecule has 0 fully saturated rings. The zero-order chi connectivity index (χ0) is 10.7. The van der Waals surface area contributed by atoms with Crippen molar-refractivity contribution < 1.29 is 5.11 Å². The lowest BCUT2D eigenvalue weighted by Crippen LogP contribution is -1.93. The van der Waals surface area contributed by atoms with Gasteiger partial charge in [-0.05, 0) is 18.6 Å². The third kappa shape index (κ3) is 2.40. The molecular weight excluding hydrogens is 208 g/mol. The fourth-order valence-corrected chi connectivity index (χ4v) is 2.28. The Labute approximate surface area is 92.6 Å². The summed E-state index contributed by atoms with van der Waals surface area (Å²) in [6.45, 7) is 1.77. The molecule has 1 heterocycles. The number of hydrogen-bond acceptors (Lipinski definition) is 3. The van der Waals surface area contributed by atoms with Crippen LogP contribution in [0.3, 0.4) is 0 Å². The molecule has 0 aliphatic heterocycles. The van der Waals surface area contributed by atoms with E-state index in [0.29, 0.717) is 0 Å². The third-order valence-electron chi connectivity index (χ3n) is 2.05. The Morgan fingerprint density at radius 1 is 1.40 bits per heavy atom. The molecule has 15 heavy (non-hydrogen) atoms. The van der Waals surface area contributed by atoms with Crippen molar-refractivity contribution in [1.29, 1.82) is 0 Å². The van der Waals surface area contributed by atoms with E-state index in [1.165, 1.54) is 11.8 Å². The Hall–Kier alpha value is -1.26. The number of imidazole rings is 1. The third-order valence-corrected chi connectivity index (χ3v) is 3.06. The van der Waals surface area contributed by atoms with E-state index in [0.717, 1.165) is 15.6 Å². The highest BCUT2D eigenvalue weighted by Gasteiger charge is 2.08. The summed E-state index contributed by atoms with van der Waals surface area (Å²) in [5, 5.41) is 10.4. The molecule has 3 nitrogen and oxygen atoms in total. The van der Waals surface area contributed by atoms with Gasteiger partial charge in [0.25, 0.3) is 0 Å². The summed E-state index contributed by atoms with van der Waals surface area (Å²) in [5.74, 6) is 0. The Balaban J connectivity index is 2.28. The molecule has 0 spiro atoms. The van der Waals surface area contributed by atoms with E-state index in [-0.39, 0.29) is 0 Å². The molecule has 0 unspecified atom stereocenters. The second kappa shape index (κ2) is 4.51. The van der Waals surface area contributed by atoms with Crippen molar-refractivity contribution in [2.45, 2.75) is 23.1 Å². The molecule has 1 aromatic heterocycles. The smallest absolute Gasteiger partial charge is 0.170 e. The summed E-state index contributed by atoms with van der Waals surface area (Å²) in [7, 11) is 0. The summed E-state index contributed by atoms with van der Waals surface area (Å²) in [4.78, 5) is 8.19. The van der Waals surface area contributed by atoms with Crippen molar-refractivity contribution in [2.75, 3.05) is 0 Å². The maximum absolute atomic E-state index is 9.59. The summed E-state index contributed by atoms with van der Waals surface area (Å²) in [6, 6.07) is 7.79. The number of aliphatic hydroxyl groups is 1. The van der Waals surface area contributed by atoms with Crippen LogP contribution in [0.1, 0.15) is 18.6 Å². The Kier molecular flexibility index (Phi) is 3.08. The topological polar surface area (TPSA) is 48.9 Å². The first-order chi connectivity index (χ1) is 7.27. The normalized spacial score (nSPS) is 12.7. The number of nitrogens with zero attached hydrogens (tertiary/aromatic N) is 1. The van der Waals surface area contributed by atoms with Crippen LogP contribution in [0.15, 0.2) is 46.7 Å². The largest absolute Gasteiger partial charge is 0.389 e. The van der Waals surface area contributed by atoms with Crippen LogP contribution >= 0.6 is 11.8 Å². The standard InChI is InChI=1S/C11H12N2OS/c1-8(14)9-4-2-3-5-10(9)15-11-12-6-7-13-11/h2-8,14H,1H3,(H,12,13)/t8-/m1/s1. The van der Waals surface area contributed by atoms with Gasteiger partial charge in [0.1, 0.15) is 0 Å². The number of H-pyrrole nitrogens is 1. The highest BCUT2D eigenvalue weighted by atomic mass is 32.2. The number of rotatable bonds is 3. The van der Waals surface area contributed by atoms with Crippen LogP contribution < -0.4 is 0 Å². The zero-order valence-electron chi connectivity index (χ0n) is 8.34. The van der Waals surface area contributed by atoms with Crippen LogP contribution in [-0.2, 0) is 0 Å². The lowest BCUT2D eigenvalue weighted by molar-refractivity contribution is 0.196. The van der Waals surface area contributed by atoms with Gasteiger partial charge < -0.3 is 10.1 Å². The van der Waals surface area contributed by atoms with Crippen molar-refractivity contribution >= 4 is 11.8 Å². The van der Waals surface area contributed by atoms with Crippen LogP contribution in [0.25, 0.3) is 0 Å². The van der Waals surface area contributed by atoms with Gasteiger partial charge in [0.15, 0.2) is 5.16 Å². The lowest BCUT2D eigenvalue weighted by Gasteiger charge is -2.09. The van der Waals surface area contributed by atoms with Gasteiger partial charge in [0.2, 0.25) is 0 Å². The van der Waals surface area contributed by atoms with Crippen molar-refractivity contribution in [3.63, 3.8) is 0 Å². The van der Waals surface area contributed by atoms with Crippen LogP contribution in [-0.4, -0.2) is 15.1 Å². The number of hydrogen-bond donors (Lipinski definition) is 2. The lowest BCUT2D eigenvalue weighted by atomic mass is 10.1. The summed E-state index contributed by atoms with van der Waals surface area (Å²) >= 11 is 1.52. The molecule has 1 aromatic carbocycles. The van der Waals surface area contributed by atoms with Crippen LogP contribution in [0.4, 0.5) is 0 Å². The fraction of sp³-hybridized carbons (Fsp3) is 0.182. The molecule has 0 saturated carbocycles. The number of aromatic amines is 1. The predicted molar refractivity (Wildman–Crippen MR) is 59.8 cm³/mol. The molecular formula is C11H12N2OS. The van der Waals surface area contributed by atoms with E-state index < -0.39 is 6.10 Å². The molecule has 0 radical (unpaired) electrons. The Bertz CT molecular complexity index is 426. The van der Waals surface area contributed by atoms with Crippen molar-refractivity contribution in [1.82, 2.24) is 9.97 Å². The number of nitrogens with one attached hydrogen (secondary N) is 1. The monoisotopic (exact) mass is 220 g/mol. The molecule has 2 rings (SSSR count). The molecule has 4 heteroatoms. The van der Waals surface area contributed by atoms with Gasteiger partial charge in [0.05, 0.1) is 6.10 Å². The highest BCUT2D eigenvalue weighted by molar-refractivity contribution is 7.99. The number of benzene rings is 1. The van der Waals surface area contributed by atoms with Gasteiger partial charge in [-0.1, -0.05) is 30.0 Å². The van der Waals surface area contributed by atoms with Gasteiger partial charge in [-0.2, -0.15) is 0 Å². The molecule has 78 valence electrons. The molecule has 2 N–H and O–H groups in total. The fourth-order valence-electron chi connectivity index (χ4n) is 1.33. The SMILES string of the molecule is C[C@@H](O)c1ccccc1Sc1ncc[nH]1. The maximum Gasteiger partial charge on any atom is 0.170 e. The predicted octanol–water partition coefficient (Wildman–Crippen LogP) is 2.61. The van der Waals surface area contributed by atoms with Gasteiger partial charge in [0, 0.05) is 17.3 Å². The highest BCUT2D eigenvalue weighted by Crippen LogP contribution is 2.30. The van der Waals surface area contributed by atoms with E-state index in [4.69, 9.17) is 0 Å². The molecule has 2 aromatic rings. The van der Waals surface area contributed by atoms with Crippen molar-refractivity contribution in [2.24, 2.45) is 0 Å². The number of aliphatic hydroxyl groups excluding tert-OH is 1. The molecule has 0 aliphatic carbocycles. The maximum atomic E-state index is 9.59. The molecule has 1 atom stereocenters. The van der Waals surface area contributed by atoms with E-state index in [1.807, 2.05) is 24.3 Å². The number of aromatic nitrogens is 2. The zero-order valence-corrected chi connectivity index (χ0v) is 9.16. The molecule has 0 aliphatic rings. The Morgan fingerprint density at radius 3 is 2.87 bits per heavy atom.